The molecule has 3 heteroatoms. The molecule has 0 heterocycles. The number of halogens is 1. The molecule has 2 nitrogen and oxygen atoms in total. The molecule has 2 aromatic rings. The fourth-order valence-corrected chi connectivity index (χ4v) is 1.75. The molecule has 0 amide bonds. The molecule has 0 saturated carbocycles. The van der Waals surface area contributed by atoms with Crippen LogP contribution >= 0.6 is 0 Å². The van der Waals surface area contributed by atoms with E-state index in [4.69, 9.17) is 5.73 Å². The van der Waals surface area contributed by atoms with Crippen LogP contribution in [0.15, 0.2) is 42.5 Å². The third-order valence-corrected chi connectivity index (χ3v) is 2.85. The molecule has 2 N–H and O–H groups in total. The van der Waals surface area contributed by atoms with E-state index < -0.39 is 0 Å². The van der Waals surface area contributed by atoms with Gasteiger partial charge in [0, 0.05) is 17.7 Å². The average molecular weight is 243 g/mol. The van der Waals surface area contributed by atoms with E-state index in [-0.39, 0.29) is 18.0 Å². The Bertz CT molecular complexity index is 593. The Kier molecular flexibility index (Phi) is 3.42. The minimum Gasteiger partial charge on any atom is -0.398 e. The monoisotopic (exact) mass is 243 g/mol. The molecule has 92 valence electrons. The molecule has 0 aromatic heterocycles. The van der Waals surface area contributed by atoms with Crippen LogP contribution in [0.5, 0.6) is 0 Å². The summed E-state index contributed by atoms with van der Waals surface area (Å²) in [6.07, 6.45) is 0.181. The summed E-state index contributed by atoms with van der Waals surface area (Å²) in [7, 11) is 0. The van der Waals surface area contributed by atoms with E-state index in [0.29, 0.717) is 16.8 Å². The maximum absolute atomic E-state index is 13.0. The van der Waals surface area contributed by atoms with E-state index in [0.717, 1.165) is 5.56 Å². The number of anilines is 1. The van der Waals surface area contributed by atoms with Crippen LogP contribution in [0.25, 0.3) is 0 Å². The van der Waals surface area contributed by atoms with Crippen molar-refractivity contribution in [3.63, 3.8) is 0 Å². The summed E-state index contributed by atoms with van der Waals surface area (Å²) in [5, 5.41) is 0. The van der Waals surface area contributed by atoms with Crippen molar-refractivity contribution < 1.29 is 9.18 Å². The van der Waals surface area contributed by atoms with Gasteiger partial charge in [-0.3, -0.25) is 4.79 Å². The lowest BCUT2D eigenvalue weighted by Crippen LogP contribution is -2.05. The molecule has 0 spiro atoms. The number of carbonyl (C=O) groups excluding carboxylic acids is 1. The molecule has 18 heavy (non-hydrogen) atoms. The highest BCUT2D eigenvalue weighted by Gasteiger charge is 2.08. The van der Waals surface area contributed by atoms with Crippen LogP contribution in [0.3, 0.4) is 0 Å². The molecule has 0 fully saturated rings. The van der Waals surface area contributed by atoms with Gasteiger partial charge in [0.05, 0.1) is 0 Å². The number of nitrogens with two attached hydrogens (primary N) is 1. The van der Waals surface area contributed by atoms with Crippen LogP contribution < -0.4 is 5.73 Å². The lowest BCUT2D eigenvalue weighted by atomic mass is 10.0. The summed E-state index contributed by atoms with van der Waals surface area (Å²) in [6, 6.07) is 11.3. The molecule has 2 aromatic carbocycles. The molecule has 0 bridgehead atoms. The molecular weight excluding hydrogens is 229 g/mol. The molecule has 0 saturated heterocycles. The zero-order chi connectivity index (χ0) is 13.1. The highest BCUT2D eigenvalue weighted by Crippen LogP contribution is 2.15. The third-order valence-electron chi connectivity index (χ3n) is 2.85. The van der Waals surface area contributed by atoms with Crippen molar-refractivity contribution in [3.8, 4) is 0 Å². The molecule has 0 aliphatic carbocycles. The molecule has 2 rings (SSSR count). The normalized spacial score (nSPS) is 10.3. The first-order valence-corrected chi connectivity index (χ1v) is 5.70. The average Bonchev–Trinajstić information content (AvgIpc) is 2.32. The van der Waals surface area contributed by atoms with Gasteiger partial charge < -0.3 is 5.73 Å². The van der Waals surface area contributed by atoms with E-state index in [1.54, 1.807) is 24.3 Å². The number of Topliss-reactive ketones (excluding diaryl/α,β-unsaturated/α-hetero) is 1. The predicted molar refractivity (Wildman–Crippen MR) is 70.0 cm³/mol. The summed E-state index contributed by atoms with van der Waals surface area (Å²) < 4.78 is 13.0. The molecule has 0 atom stereocenters. The van der Waals surface area contributed by atoms with Crippen molar-refractivity contribution in [1.29, 1.82) is 0 Å². The minimum atomic E-state index is -0.330. The van der Waals surface area contributed by atoms with Gasteiger partial charge in [0.25, 0.3) is 0 Å². The van der Waals surface area contributed by atoms with Crippen LogP contribution in [0.4, 0.5) is 10.1 Å². The minimum absolute atomic E-state index is 0.0627. The number of aryl methyl sites for hydroxylation is 1. The fraction of sp³-hybridized carbons (Fsp3) is 0.133. The summed E-state index contributed by atoms with van der Waals surface area (Å²) >= 11 is 0. The topological polar surface area (TPSA) is 43.1 Å². The Morgan fingerprint density at radius 2 is 2.00 bits per heavy atom. The second-order valence-electron chi connectivity index (χ2n) is 4.30. The second-order valence-corrected chi connectivity index (χ2v) is 4.30. The summed E-state index contributed by atoms with van der Waals surface area (Å²) in [6.45, 7) is 1.89. The number of hydrogen-bond acceptors (Lipinski definition) is 2. The Labute approximate surface area is 105 Å². The van der Waals surface area contributed by atoms with Gasteiger partial charge >= 0.3 is 0 Å². The Balaban J connectivity index is 2.19. The Morgan fingerprint density at radius 1 is 1.22 bits per heavy atom. The van der Waals surface area contributed by atoms with E-state index >= 15 is 0 Å². The fourth-order valence-electron chi connectivity index (χ4n) is 1.75. The molecule has 0 aliphatic heterocycles. The van der Waals surface area contributed by atoms with Crippen molar-refractivity contribution in [2.45, 2.75) is 13.3 Å². The summed E-state index contributed by atoms with van der Waals surface area (Å²) in [5.41, 5.74) is 8.53. The lowest BCUT2D eigenvalue weighted by Gasteiger charge is -2.05. The van der Waals surface area contributed by atoms with Gasteiger partial charge in [0.2, 0.25) is 0 Å². The second kappa shape index (κ2) is 5.00. The van der Waals surface area contributed by atoms with Gasteiger partial charge in [-0.25, -0.2) is 4.39 Å². The number of carbonyl (C=O) groups is 1. The highest BCUT2D eigenvalue weighted by atomic mass is 19.1. The predicted octanol–water partition coefficient (Wildman–Crippen LogP) is 3.14. The maximum atomic E-state index is 13.0. The van der Waals surface area contributed by atoms with Crippen molar-refractivity contribution in [1.82, 2.24) is 0 Å². The molecule has 0 aliphatic rings. The first kappa shape index (κ1) is 12.3. The van der Waals surface area contributed by atoms with Gasteiger partial charge in [-0.15, -0.1) is 0 Å². The van der Waals surface area contributed by atoms with E-state index in [9.17, 15) is 9.18 Å². The maximum Gasteiger partial charge on any atom is 0.167 e. The van der Waals surface area contributed by atoms with Crippen molar-refractivity contribution in [2.75, 3.05) is 5.73 Å². The summed E-state index contributed by atoms with van der Waals surface area (Å²) in [4.78, 5) is 12.0. The van der Waals surface area contributed by atoms with Gasteiger partial charge in [-0.05, 0) is 36.2 Å². The van der Waals surface area contributed by atoms with Crippen molar-refractivity contribution in [3.05, 3.63) is 65.0 Å². The zero-order valence-corrected chi connectivity index (χ0v) is 10.1. The van der Waals surface area contributed by atoms with Crippen molar-refractivity contribution in [2.24, 2.45) is 0 Å². The zero-order valence-electron chi connectivity index (χ0n) is 10.1. The van der Waals surface area contributed by atoms with E-state index in [1.165, 1.54) is 12.1 Å². The highest BCUT2D eigenvalue weighted by molar-refractivity contribution is 5.98. The van der Waals surface area contributed by atoms with Crippen molar-refractivity contribution >= 4 is 11.5 Å². The quantitative estimate of drug-likeness (QED) is 0.664. The molecular formula is C15H14FNO. The number of ketones is 1. The lowest BCUT2D eigenvalue weighted by molar-refractivity contribution is 0.0993. The largest absolute Gasteiger partial charge is 0.398 e. The third kappa shape index (κ3) is 2.74. The van der Waals surface area contributed by atoms with Crippen LogP contribution in [-0.4, -0.2) is 5.78 Å². The van der Waals surface area contributed by atoms with Gasteiger partial charge in [-0.1, -0.05) is 24.3 Å². The number of rotatable bonds is 3. The van der Waals surface area contributed by atoms with E-state index in [1.807, 2.05) is 13.0 Å². The van der Waals surface area contributed by atoms with Crippen LogP contribution in [0.1, 0.15) is 21.5 Å². The van der Waals surface area contributed by atoms with Gasteiger partial charge in [0.15, 0.2) is 5.78 Å². The number of nitrogen functional groups attached to an aromatic ring is 1. The first-order valence-electron chi connectivity index (χ1n) is 5.70. The van der Waals surface area contributed by atoms with Crippen LogP contribution in [0, 0.1) is 12.7 Å². The SMILES string of the molecule is Cc1ccc(C(=O)Cc2cccc(F)c2)cc1N. The molecule has 0 radical (unpaired) electrons. The standard InChI is InChI=1S/C15H14FNO/c1-10-5-6-12(9-14(10)17)15(18)8-11-3-2-4-13(16)7-11/h2-7,9H,8,17H2,1H3. The number of benzene rings is 2. The molecule has 0 unspecified atom stereocenters. The summed E-state index contributed by atoms with van der Waals surface area (Å²) in [5.74, 6) is -0.393. The van der Waals surface area contributed by atoms with Crippen LogP contribution in [0.2, 0.25) is 0 Å². The van der Waals surface area contributed by atoms with Crippen LogP contribution in [-0.2, 0) is 6.42 Å². The smallest absolute Gasteiger partial charge is 0.167 e. The first-order chi connectivity index (χ1) is 8.56. The number of hydrogen-bond donors (Lipinski definition) is 1. The Hall–Kier alpha value is -2.16. The van der Waals surface area contributed by atoms with E-state index in [2.05, 4.69) is 0 Å². The van der Waals surface area contributed by atoms with Gasteiger partial charge in [-0.2, -0.15) is 0 Å². The van der Waals surface area contributed by atoms with Gasteiger partial charge in [0.1, 0.15) is 5.82 Å². The Morgan fingerprint density at radius 3 is 2.67 bits per heavy atom.